The van der Waals surface area contributed by atoms with Crippen LogP contribution in [0.2, 0.25) is 0 Å². The molecule has 1 atom stereocenters. The Balaban J connectivity index is 2.16. The second-order valence-corrected chi connectivity index (χ2v) is 4.87. The quantitative estimate of drug-likeness (QED) is 0.823. The van der Waals surface area contributed by atoms with Crippen molar-refractivity contribution in [1.29, 1.82) is 0 Å². The minimum atomic E-state index is -3.05. The molecule has 2 aromatic rings. The molecule has 1 N–H and O–H groups in total. The van der Waals surface area contributed by atoms with Crippen molar-refractivity contribution in [3.8, 4) is 5.75 Å². The molecule has 0 unspecified atom stereocenters. The van der Waals surface area contributed by atoms with Gasteiger partial charge in [-0.15, -0.1) is 0 Å². The Morgan fingerprint density at radius 3 is 2.48 bits per heavy atom. The highest BCUT2D eigenvalue weighted by molar-refractivity contribution is 5.96. The number of rotatable bonds is 6. The van der Waals surface area contributed by atoms with Gasteiger partial charge in [-0.1, -0.05) is 30.3 Å². The van der Waals surface area contributed by atoms with Gasteiger partial charge in [0.1, 0.15) is 5.75 Å². The maximum absolute atomic E-state index is 12.4. The minimum absolute atomic E-state index is 0.0144. The fourth-order valence-corrected chi connectivity index (χ4v) is 2.05. The van der Waals surface area contributed by atoms with Crippen LogP contribution in [0.5, 0.6) is 5.75 Å². The summed E-state index contributed by atoms with van der Waals surface area (Å²) in [6.45, 7) is -1.32. The molecule has 0 aliphatic carbocycles. The molecule has 0 saturated carbocycles. The number of ether oxygens (including phenoxy) is 1. The SMILES string of the molecule is C[C@H](C(=O)Nc1ccc(C=O)c(OC(F)F)c1)c1ccccc1. The van der Waals surface area contributed by atoms with Crippen LogP contribution in [0.3, 0.4) is 0 Å². The zero-order valence-corrected chi connectivity index (χ0v) is 12.3. The number of carbonyl (C=O) groups is 2. The van der Waals surface area contributed by atoms with E-state index in [0.717, 1.165) is 5.56 Å². The van der Waals surface area contributed by atoms with E-state index in [1.165, 1.54) is 18.2 Å². The van der Waals surface area contributed by atoms with Crippen molar-refractivity contribution < 1.29 is 23.1 Å². The molecule has 0 spiro atoms. The Labute approximate surface area is 132 Å². The van der Waals surface area contributed by atoms with Gasteiger partial charge in [0.05, 0.1) is 11.5 Å². The van der Waals surface area contributed by atoms with Crippen LogP contribution in [0.4, 0.5) is 14.5 Å². The van der Waals surface area contributed by atoms with Gasteiger partial charge >= 0.3 is 6.61 Å². The third-order valence-electron chi connectivity index (χ3n) is 3.32. The number of hydrogen-bond donors (Lipinski definition) is 1. The largest absolute Gasteiger partial charge is 0.434 e. The van der Waals surface area contributed by atoms with Crippen molar-refractivity contribution in [2.75, 3.05) is 5.32 Å². The third kappa shape index (κ3) is 4.35. The second-order valence-electron chi connectivity index (χ2n) is 4.87. The summed E-state index contributed by atoms with van der Waals surface area (Å²) in [5, 5.41) is 2.63. The summed E-state index contributed by atoms with van der Waals surface area (Å²) >= 11 is 0. The van der Waals surface area contributed by atoms with Crippen molar-refractivity contribution in [2.24, 2.45) is 0 Å². The number of aldehydes is 1. The van der Waals surface area contributed by atoms with E-state index in [9.17, 15) is 18.4 Å². The predicted molar refractivity (Wildman–Crippen MR) is 81.9 cm³/mol. The zero-order valence-electron chi connectivity index (χ0n) is 12.3. The molecule has 0 radical (unpaired) electrons. The molecule has 0 bridgehead atoms. The Morgan fingerprint density at radius 2 is 1.87 bits per heavy atom. The maximum Gasteiger partial charge on any atom is 0.387 e. The monoisotopic (exact) mass is 319 g/mol. The standard InChI is InChI=1S/C17H15F2NO3/c1-11(12-5-3-2-4-6-12)16(22)20-14-8-7-13(10-21)15(9-14)23-17(18)19/h2-11,17H,1H3,(H,20,22)/t11-/m0/s1. The van der Waals surface area contributed by atoms with Crippen molar-refractivity contribution in [3.63, 3.8) is 0 Å². The van der Waals surface area contributed by atoms with E-state index in [2.05, 4.69) is 10.1 Å². The number of nitrogens with one attached hydrogen (secondary N) is 1. The summed E-state index contributed by atoms with van der Waals surface area (Å²) < 4.78 is 29.0. The van der Waals surface area contributed by atoms with E-state index in [0.29, 0.717) is 6.29 Å². The number of benzene rings is 2. The number of hydrogen-bond acceptors (Lipinski definition) is 3. The molecule has 23 heavy (non-hydrogen) atoms. The number of anilines is 1. The average Bonchev–Trinajstić information content (AvgIpc) is 2.54. The van der Waals surface area contributed by atoms with Crippen molar-refractivity contribution in [3.05, 3.63) is 59.7 Å². The normalized spacial score (nSPS) is 11.8. The van der Waals surface area contributed by atoms with Crippen LogP contribution in [0.25, 0.3) is 0 Å². The van der Waals surface area contributed by atoms with Crippen LogP contribution in [0.1, 0.15) is 28.8 Å². The van der Waals surface area contributed by atoms with Gasteiger partial charge in [0, 0.05) is 11.8 Å². The van der Waals surface area contributed by atoms with Gasteiger partial charge in [-0.2, -0.15) is 8.78 Å². The van der Waals surface area contributed by atoms with E-state index in [-0.39, 0.29) is 22.9 Å². The molecule has 0 heterocycles. The molecule has 0 aromatic heterocycles. The lowest BCUT2D eigenvalue weighted by molar-refractivity contribution is -0.117. The summed E-state index contributed by atoms with van der Waals surface area (Å²) in [7, 11) is 0. The van der Waals surface area contributed by atoms with Crippen molar-refractivity contribution in [2.45, 2.75) is 19.5 Å². The molecule has 4 nitrogen and oxygen atoms in total. The first-order valence-electron chi connectivity index (χ1n) is 6.91. The van der Waals surface area contributed by atoms with E-state index < -0.39 is 12.5 Å². The molecule has 6 heteroatoms. The first-order chi connectivity index (χ1) is 11.0. The van der Waals surface area contributed by atoms with Gasteiger partial charge in [0.15, 0.2) is 6.29 Å². The van der Waals surface area contributed by atoms with Gasteiger partial charge in [0.25, 0.3) is 0 Å². The smallest absolute Gasteiger partial charge is 0.387 e. The predicted octanol–water partition coefficient (Wildman–Crippen LogP) is 3.84. The van der Waals surface area contributed by atoms with Gasteiger partial charge in [0.2, 0.25) is 5.91 Å². The minimum Gasteiger partial charge on any atom is -0.434 e. The van der Waals surface area contributed by atoms with Crippen LogP contribution in [-0.2, 0) is 4.79 Å². The first kappa shape index (κ1) is 16.6. The maximum atomic E-state index is 12.4. The number of halogens is 2. The summed E-state index contributed by atoms with van der Waals surface area (Å²) in [6.07, 6.45) is 0.413. The van der Waals surface area contributed by atoms with Gasteiger partial charge < -0.3 is 10.1 Å². The van der Waals surface area contributed by atoms with Crippen molar-refractivity contribution in [1.82, 2.24) is 0 Å². The van der Waals surface area contributed by atoms with E-state index >= 15 is 0 Å². The zero-order chi connectivity index (χ0) is 16.8. The Kier molecular flexibility index (Phi) is 5.41. The van der Waals surface area contributed by atoms with E-state index in [4.69, 9.17) is 0 Å². The van der Waals surface area contributed by atoms with E-state index in [1.54, 1.807) is 6.92 Å². The molecule has 0 aliphatic heterocycles. The summed E-state index contributed by atoms with van der Waals surface area (Å²) in [5.41, 5.74) is 1.09. The molecule has 2 aromatic carbocycles. The fraction of sp³-hybridized carbons (Fsp3) is 0.176. The molecule has 0 saturated heterocycles. The highest BCUT2D eigenvalue weighted by Gasteiger charge is 2.16. The molecular weight excluding hydrogens is 304 g/mol. The summed E-state index contributed by atoms with van der Waals surface area (Å²) in [4.78, 5) is 23.1. The average molecular weight is 319 g/mol. The molecule has 2 rings (SSSR count). The Bertz CT molecular complexity index is 689. The van der Waals surface area contributed by atoms with Gasteiger partial charge in [-0.25, -0.2) is 0 Å². The van der Waals surface area contributed by atoms with Gasteiger partial charge in [-0.3, -0.25) is 9.59 Å². The summed E-state index contributed by atoms with van der Waals surface area (Å²) in [5.74, 6) is -0.986. The Morgan fingerprint density at radius 1 is 1.17 bits per heavy atom. The second kappa shape index (κ2) is 7.49. The lowest BCUT2D eigenvalue weighted by atomic mass is 10.0. The van der Waals surface area contributed by atoms with E-state index in [1.807, 2.05) is 30.3 Å². The number of amides is 1. The van der Waals surface area contributed by atoms with Gasteiger partial charge in [-0.05, 0) is 24.6 Å². The number of alkyl halides is 2. The fourth-order valence-electron chi connectivity index (χ4n) is 2.05. The molecule has 1 amide bonds. The lowest BCUT2D eigenvalue weighted by Crippen LogP contribution is -2.19. The highest BCUT2D eigenvalue weighted by atomic mass is 19.3. The molecule has 120 valence electrons. The van der Waals surface area contributed by atoms with Crippen LogP contribution in [0.15, 0.2) is 48.5 Å². The van der Waals surface area contributed by atoms with Crippen LogP contribution in [-0.4, -0.2) is 18.8 Å². The van der Waals surface area contributed by atoms with Crippen LogP contribution < -0.4 is 10.1 Å². The molecule has 0 aliphatic rings. The number of carbonyl (C=O) groups excluding carboxylic acids is 2. The van der Waals surface area contributed by atoms with Crippen molar-refractivity contribution >= 4 is 17.9 Å². The Hall–Kier alpha value is -2.76. The first-order valence-corrected chi connectivity index (χ1v) is 6.91. The molecular formula is C17H15F2NO3. The van der Waals surface area contributed by atoms with Crippen LogP contribution in [0, 0.1) is 0 Å². The molecule has 0 fully saturated rings. The third-order valence-corrected chi connectivity index (χ3v) is 3.32. The topological polar surface area (TPSA) is 55.4 Å². The van der Waals surface area contributed by atoms with Crippen LogP contribution >= 0.6 is 0 Å². The lowest BCUT2D eigenvalue weighted by Gasteiger charge is -2.14. The highest BCUT2D eigenvalue weighted by Crippen LogP contribution is 2.25. The summed E-state index contributed by atoms with van der Waals surface area (Å²) in [6, 6.07) is 13.1.